The number of benzene rings is 2. The van der Waals surface area contributed by atoms with E-state index in [-0.39, 0.29) is 9.92 Å². The number of anilines is 1. The molecular weight excluding hydrogens is 434 g/mol. The predicted molar refractivity (Wildman–Crippen MR) is 112 cm³/mol. The Morgan fingerprint density at radius 2 is 1.62 bits per heavy atom. The molecule has 0 radical (unpaired) electrons. The lowest BCUT2D eigenvalue weighted by Crippen LogP contribution is -2.14. The molecule has 7 nitrogen and oxygen atoms in total. The Labute approximate surface area is 174 Å². The molecule has 0 atom stereocenters. The van der Waals surface area contributed by atoms with Gasteiger partial charge in [0.2, 0.25) is 0 Å². The fourth-order valence-electron chi connectivity index (χ4n) is 2.67. The standard InChI is InChI=1S/C19H18ClN3O4S2/c1-12-10-18(13(2)9-16(12)20)29(26,27)23-15-6-4-5-14(11-15)17-7-8-19(22-21-17)28(3,24)25/h4-11,23H,1-3H3. The molecule has 0 aliphatic carbocycles. The summed E-state index contributed by atoms with van der Waals surface area (Å²) in [7, 11) is -7.28. The highest BCUT2D eigenvalue weighted by Gasteiger charge is 2.19. The molecule has 0 aliphatic rings. The highest BCUT2D eigenvalue weighted by atomic mass is 35.5. The highest BCUT2D eigenvalue weighted by molar-refractivity contribution is 7.92. The van der Waals surface area contributed by atoms with Crippen molar-refractivity contribution in [3.05, 3.63) is 64.7 Å². The van der Waals surface area contributed by atoms with E-state index < -0.39 is 19.9 Å². The van der Waals surface area contributed by atoms with Crippen LogP contribution < -0.4 is 4.72 Å². The fourth-order valence-corrected chi connectivity index (χ4v) is 4.75. The lowest BCUT2D eigenvalue weighted by Gasteiger charge is -2.13. The lowest BCUT2D eigenvalue weighted by molar-refractivity contribution is 0.595. The second-order valence-electron chi connectivity index (χ2n) is 6.58. The van der Waals surface area contributed by atoms with Gasteiger partial charge in [0.1, 0.15) is 0 Å². The zero-order valence-electron chi connectivity index (χ0n) is 15.8. The van der Waals surface area contributed by atoms with Crippen molar-refractivity contribution in [2.75, 3.05) is 11.0 Å². The number of nitrogens with one attached hydrogen (secondary N) is 1. The number of aromatic nitrogens is 2. The molecule has 0 aliphatic heterocycles. The van der Waals surface area contributed by atoms with Crippen LogP contribution in [-0.2, 0) is 19.9 Å². The molecule has 0 saturated carbocycles. The molecule has 0 saturated heterocycles. The van der Waals surface area contributed by atoms with Crippen LogP contribution in [0.1, 0.15) is 11.1 Å². The molecule has 0 bridgehead atoms. The van der Waals surface area contributed by atoms with Crippen LogP contribution in [0.15, 0.2) is 58.5 Å². The van der Waals surface area contributed by atoms with Crippen molar-refractivity contribution in [1.82, 2.24) is 10.2 Å². The molecule has 10 heteroatoms. The maximum Gasteiger partial charge on any atom is 0.262 e. The Morgan fingerprint density at radius 3 is 2.24 bits per heavy atom. The third-order valence-electron chi connectivity index (χ3n) is 4.18. The molecule has 0 fully saturated rings. The van der Waals surface area contributed by atoms with Gasteiger partial charge in [-0.2, -0.15) is 0 Å². The summed E-state index contributed by atoms with van der Waals surface area (Å²) in [5, 5.41) is 8.01. The van der Waals surface area contributed by atoms with Crippen LogP contribution in [0.5, 0.6) is 0 Å². The summed E-state index contributed by atoms with van der Waals surface area (Å²) >= 11 is 6.06. The molecule has 0 unspecified atom stereocenters. The van der Waals surface area contributed by atoms with Gasteiger partial charge in [0.15, 0.2) is 14.9 Å². The minimum Gasteiger partial charge on any atom is -0.280 e. The van der Waals surface area contributed by atoms with Gasteiger partial charge in [-0.25, -0.2) is 16.8 Å². The number of hydrogen-bond donors (Lipinski definition) is 1. The van der Waals surface area contributed by atoms with Crippen molar-refractivity contribution < 1.29 is 16.8 Å². The van der Waals surface area contributed by atoms with Gasteiger partial charge in [-0.1, -0.05) is 23.7 Å². The normalized spacial score (nSPS) is 12.0. The van der Waals surface area contributed by atoms with Crippen LogP contribution in [0.4, 0.5) is 5.69 Å². The zero-order valence-corrected chi connectivity index (χ0v) is 18.2. The molecule has 1 N–H and O–H groups in total. The fraction of sp³-hybridized carbons (Fsp3) is 0.158. The maximum absolute atomic E-state index is 12.8. The van der Waals surface area contributed by atoms with E-state index >= 15 is 0 Å². The van der Waals surface area contributed by atoms with Crippen LogP contribution in [-0.4, -0.2) is 33.3 Å². The molecule has 2 aromatic carbocycles. The van der Waals surface area contributed by atoms with Gasteiger partial charge >= 0.3 is 0 Å². The smallest absolute Gasteiger partial charge is 0.262 e. The van der Waals surface area contributed by atoms with E-state index in [9.17, 15) is 16.8 Å². The molecule has 1 aromatic heterocycles. The second-order valence-corrected chi connectivity index (χ2v) is 10.6. The molecule has 3 aromatic rings. The first-order chi connectivity index (χ1) is 13.5. The SMILES string of the molecule is Cc1cc(S(=O)(=O)Nc2cccc(-c3ccc(S(C)(=O)=O)nn3)c2)c(C)cc1Cl. The van der Waals surface area contributed by atoms with Crippen molar-refractivity contribution >= 4 is 37.1 Å². The summed E-state index contributed by atoms with van der Waals surface area (Å²) in [4.78, 5) is 0.141. The number of aryl methyl sites for hydroxylation is 2. The van der Waals surface area contributed by atoms with Crippen LogP contribution >= 0.6 is 11.6 Å². The summed E-state index contributed by atoms with van der Waals surface area (Å²) in [5.74, 6) is 0. The average molecular weight is 452 g/mol. The number of halogens is 1. The Kier molecular flexibility index (Phi) is 5.66. The van der Waals surface area contributed by atoms with Gasteiger partial charge in [0, 0.05) is 22.5 Å². The van der Waals surface area contributed by atoms with E-state index in [1.807, 2.05) is 0 Å². The number of hydrogen-bond acceptors (Lipinski definition) is 6. The summed E-state index contributed by atoms with van der Waals surface area (Å²) < 4.78 is 51.3. The van der Waals surface area contributed by atoms with E-state index in [0.29, 0.717) is 33.1 Å². The first-order valence-corrected chi connectivity index (χ1v) is 12.2. The Bertz CT molecular complexity index is 1290. The molecule has 3 rings (SSSR count). The summed E-state index contributed by atoms with van der Waals surface area (Å²) in [6.45, 7) is 3.41. The van der Waals surface area contributed by atoms with Crippen molar-refractivity contribution in [2.45, 2.75) is 23.8 Å². The van der Waals surface area contributed by atoms with E-state index in [2.05, 4.69) is 14.9 Å². The largest absolute Gasteiger partial charge is 0.280 e. The topological polar surface area (TPSA) is 106 Å². The molecule has 0 amide bonds. The average Bonchev–Trinajstić information content (AvgIpc) is 2.64. The number of rotatable bonds is 5. The first-order valence-electron chi connectivity index (χ1n) is 8.41. The van der Waals surface area contributed by atoms with Crippen molar-refractivity contribution in [1.29, 1.82) is 0 Å². The Balaban J connectivity index is 1.93. The highest BCUT2D eigenvalue weighted by Crippen LogP contribution is 2.27. The first kappa shape index (κ1) is 21.2. The van der Waals surface area contributed by atoms with Gasteiger partial charge in [0.05, 0.1) is 10.6 Å². The third kappa shape index (κ3) is 4.75. The molecular formula is C19H18ClN3O4S2. The van der Waals surface area contributed by atoms with Crippen molar-refractivity contribution in [3.8, 4) is 11.3 Å². The van der Waals surface area contributed by atoms with E-state index in [1.165, 1.54) is 18.2 Å². The predicted octanol–water partition coefficient (Wildman–Crippen LogP) is 3.62. The Hall–Kier alpha value is -2.49. The van der Waals surface area contributed by atoms with Crippen LogP contribution in [0.25, 0.3) is 11.3 Å². The van der Waals surface area contributed by atoms with E-state index in [1.54, 1.807) is 44.2 Å². The Morgan fingerprint density at radius 1 is 0.897 bits per heavy atom. The monoisotopic (exact) mass is 451 g/mol. The van der Waals surface area contributed by atoms with Gasteiger partial charge in [-0.15, -0.1) is 10.2 Å². The maximum atomic E-state index is 12.8. The van der Waals surface area contributed by atoms with Gasteiger partial charge in [0.25, 0.3) is 10.0 Å². The third-order valence-corrected chi connectivity index (χ3v) is 7.08. The van der Waals surface area contributed by atoms with Crippen LogP contribution in [0.3, 0.4) is 0 Å². The van der Waals surface area contributed by atoms with Gasteiger partial charge in [-0.05, 0) is 61.4 Å². The number of sulfonamides is 1. The van der Waals surface area contributed by atoms with Gasteiger partial charge in [-0.3, -0.25) is 4.72 Å². The summed E-state index contributed by atoms with van der Waals surface area (Å²) in [5.41, 5.74) is 2.53. The van der Waals surface area contributed by atoms with Crippen LogP contribution in [0.2, 0.25) is 5.02 Å². The van der Waals surface area contributed by atoms with E-state index in [0.717, 1.165) is 6.26 Å². The van der Waals surface area contributed by atoms with Gasteiger partial charge < -0.3 is 0 Å². The van der Waals surface area contributed by atoms with Crippen molar-refractivity contribution in [2.24, 2.45) is 0 Å². The molecule has 1 heterocycles. The number of sulfone groups is 1. The van der Waals surface area contributed by atoms with Crippen molar-refractivity contribution in [3.63, 3.8) is 0 Å². The molecule has 152 valence electrons. The molecule has 0 spiro atoms. The quantitative estimate of drug-likeness (QED) is 0.635. The summed E-state index contributed by atoms with van der Waals surface area (Å²) in [6.07, 6.45) is 1.05. The summed E-state index contributed by atoms with van der Waals surface area (Å²) in [6, 6.07) is 12.6. The zero-order chi connectivity index (χ0) is 21.4. The molecule has 29 heavy (non-hydrogen) atoms. The van der Waals surface area contributed by atoms with E-state index in [4.69, 9.17) is 11.6 Å². The minimum atomic E-state index is -3.83. The second kappa shape index (κ2) is 7.74. The lowest BCUT2D eigenvalue weighted by atomic mass is 10.1. The van der Waals surface area contributed by atoms with Crippen LogP contribution in [0, 0.1) is 13.8 Å². The minimum absolute atomic E-state index is 0.133. The number of nitrogens with zero attached hydrogens (tertiary/aromatic N) is 2.